The van der Waals surface area contributed by atoms with Gasteiger partial charge >= 0.3 is 0 Å². The van der Waals surface area contributed by atoms with Crippen molar-refractivity contribution in [1.82, 2.24) is 4.90 Å². The van der Waals surface area contributed by atoms with E-state index in [0.29, 0.717) is 0 Å². The minimum atomic E-state index is 0.0414. The van der Waals surface area contributed by atoms with Crippen LogP contribution in [-0.4, -0.2) is 22.9 Å². The number of amides is 1. The molecule has 2 rings (SSSR count). The fourth-order valence-corrected chi connectivity index (χ4v) is 2.25. The Bertz CT molecular complexity index is 281. The second kappa shape index (κ2) is 5.21. The largest absolute Gasteiger partial charge is 0.326 e. The molecule has 0 radical (unpaired) electrons. The first-order valence-electron chi connectivity index (χ1n) is 6.03. The Kier molecular flexibility index (Phi) is 4.20. The van der Waals surface area contributed by atoms with Gasteiger partial charge in [-0.1, -0.05) is 19.8 Å². The van der Waals surface area contributed by atoms with E-state index in [2.05, 4.69) is 11.8 Å². The maximum absolute atomic E-state index is 11.6. The first kappa shape index (κ1) is 12.1. The number of hydrogen-bond donors (Lipinski definition) is 0. The summed E-state index contributed by atoms with van der Waals surface area (Å²) in [5, 5.41) is 0. The third-order valence-corrected chi connectivity index (χ3v) is 3.15. The van der Waals surface area contributed by atoms with E-state index in [1.54, 1.807) is 6.92 Å². The van der Waals surface area contributed by atoms with E-state index < -0.39 is 0 Å². The van der Waals surface area contributed by atoms with Gasteiger partial charge in [-0.05, 0) is 44.9 Å². The molecule has 1 saturated carbocycles. The molecule has 2 heteroatoms. The number of nitrogens with zero attached hydrogens (tertiary/aromatic N) is 1. The molecule has 0 aromatic rings. The van der Waals surface area contributed by atoms with Crippen LogP contribution in [0.4, 0.5) is 0 Å². The Morgan fingerprint density at radius 1 is 1.20 bits per heavy atom. The molecule has 0 bridgehead atoms. The third kappa shape index (κ3) is 2.53. The summed E-state index contributed by atoms with van der Waals surface area (Å²) in [5.74, 6) is 5.38. The standard InChI is InChI=1S/C11H15NO.C2H6/c1-2-5-10(13)12-9-4-3-6-11(12)7-8-11;1-2/h3-4,6-9H2,1H3;1-2H3. The van der Waals surface area contributed by atoms with Crippen LogP contribution in [0.15, 0.2) is 0 Å². The number of carbonyl (C=O) groups is 1. The van der Waals surface area contributed by atoms with Crippen molar-refractivity contribution in [3.63, 3.8) is 0 Å². The summed E-state index contributed by atoms with van der Waals surface area (Å²) in [4.78, 5) is 13.6. The summed E-state index contributed by atoms with van der Waals surface area (Å²) in [6, 6.07) is 0. The lowest BCUT2D eigenvalue weighted by atomic mass is 10.00. The van der Waals surface area contributed by atoms with Crippen LogP contribution in [0.3, 0.4) is 0 Å². The van der Waals surface area contributed by atoms with Crippen LogP contribution in [0.5, 0.6) is 0 Å². The van der Waals surface area contributed by atoms with Crippen molar-refractivity contribution in [3.8, 4) is 11.8 Å². The smallest absolute Gasteiger partial charge is 0.298 e. The monoisotopic (exact) mass is 207 g/mol. The van der Waals surface area contributed by atoms with E-state index in [1.165, 1.54) is 25.7 Å². The van der Waals surface area contributed by atoms with Gasteiger partial charge in [-0.25, -0.2) is 0 Å². The van der Waals surface area contributed by atoms with E-state index in [4.69, 9.17) is 0 Å². The molecule has 1 saturated heterocycles. The maximum atomic E-state index is 11.6. The Morgan fingerprint density at radius 2 is 1.87 bits per heavy atom. The van der Waals surface area contributed by atoms with E-state index in [-0.39, 0.29) is 11.4 Å². The molecule has 0 N–H and O–H groups in total. The highest BCUT2D eigenvalue weighted by atomic mass is 16.2. The van der Waals surface area contributed by atoms with Crippen molar-refractivity contribution in [2.75, 3.05) is 6.54 Å². The molecule has 0 aromatic carbocycles. The second-order valence-electron chi connectivity index (χ2n) is 4.01. The van der Waals surface area contributed by atoms with Crippen molar-refractivity contribution in [2.24, 2.45) is 0 Å². The molecule has 1 spiro atoms. The minimum absolute atomic E-state index is 0.0414. The molecule has 0 unspecified atom stereocenters. The molecule has 2 fully saturated rings. The molecule has 2 aliphatic rings. The number of rotatable bonds is 0. The van der Waals surface area contributed by atoms with Crippen LogP contribution in [0, 0.1) is 11.8 Å². The predicted octanol–water partition coefficient (Wildman–Crippen LogP) is 2.58. The predicted molar refractivity (Wildman–Crippen MR) is 62.3 cm³/mol. The van der Waals surface area contributed by atoms with E-state index in [0.717, 1.165) is 13.0 Å². The Balaban J connectivity index is 0.000000531. The molecule has 1 aliphatic heterocycles. The average Bonchev–Trinajstić information content (AvgIpc) is 3.02. The van der Waals surface area contributed by atoms with Crippen LogP contribution >= 0.6 is 0 Å². The van der Waals surface area contributed by atoms with Crippen LogP contribution in [0.1, 0.15) is 52.9 Å². The molecule has 1 aliphatic carbocycles. The SMILES string of the molecule is CC.CC#CC(=O)N1CCCCC12CC2. The number of likely N-dealkylation sites (tertiary alicyclic amines) is 1. The van der Waals surface area contributed by atoms with Crippen LogP contribution in [0.25, 0.3) is 0 Å². The lowest BCUT2D eigenvalue weighted by Crippen LogP contribution is -2.44. The van der Waals surface area contributed by atoms with Gasteiger partial charge in [-0.15, -0.1) is 0 Å². The van der Waals surface area contributed by atoms with E-state index in [9.17, 15) is 4.79 Å². The molecule has 0 atom stereocenters. The molecule has 1 heterocycles. The van der Waals surface area contributed by atoms with Gasteiger partial charge in [0.2, 0.25) is 0 Å². The van der Waals surface area contributed by atoms with Crippen molar-refractivity contribution in [2.45, 2.75) is 58.4 Å². The molecule has 15 heavy (non-hydrogen) atoms. The zero-order chi connectivity index (χ0) is 11.3. The second-order valence-corrected chi connectivity index (χ2v) is 4.01. The number of hydrogen-bond acceptors (Lipinski definition) is 1. The van der Waals surface area contributed by atoms with Gasteiger partial charge in [-0.3, -0.25) is 4.79 Å². The number of carbonyl (C=O) groups excluding carboxylic acids is 1. The van der Waals surface area contributed by atoms with Gasteiger partial charge in [0, 0.05) is 12.1 Å². The fraction of sp³-hybridized carbons (Fsp3) is 0.769. The van der Waals surface area contributed by atoms with Gasteiger partial charge in [0.05, 0.1) is 0 Å². The Labute approximate surface area is 93.0 Å². The normalized spacial score (nSPS) is 20.9. The third-order valence-electron chi connectivity index (χ3n) is 3.15. The molecular formula is C13H21NO. The van der Waals surface area contributed by atoms with Crippen molar-refractivity contribution in [3.05, 3.63) is 0 Å². The first-order chi connectivity index (χ1) is 7.28. The molecule has 1 amide bonds. The average molecular weight is 207 g/mol. The lowest BCUT2D eigenvalue weighted by molar-refractivity contribution is -0.129. The lowest BCUT2D eigenvalue weighted by Gasteiger charge is -2.34. The van der Waals surface area contributed by atoms with Crippen LogP contribution in [0.2, 0.25) is 0 Å². The quantitative estimate of drug-likeness (QED) is 0.559. The molecule has 0 aromatic heterocycles. The molecular weight excluding hydrogens is 186 g/mol. The van der Waals surface area contributed by atoms with E-state index in [1.807, 2.05) is 18.7 Å². The van der Waals surface area contributed by atoms with Gasteiger partial charge in [0.25, 0.3) is 5.91 Å². The summed E-state index contributed by atoms with van der Waals surface area (Å²) >= 11 is 0. The highest BCUT2D eigenvalue weighted by Crippen LogP contribution is 2.48. The summed E-state index contributed by atoms with van der Waals surface area (Å²) in [6.45, 7) is 6.65. The van der Waals surface area contributed by atoms with Crippen molar-refractivity contribution >= 4 is 5.91 Å². The van der Waals surface area contributed by atoms with Crippen molar-refractivity contribution in [1.29, 1.82) is 0 Å². The summed E-state index contributed by atoms with van der Waals surface area (Å²) in [5.41, 5.74) is 0.249. The Hall–Kier alpha value is -0.970. The molecule has 2 nitrogen and oxygen atoms in total. The topological polar surface area (TPSA) is 20.3 Å². The minimum Gasteiger partial charge on any atom is -0.326 e. The summed E-state index contributed by atoms with van der Waals surface area (Å²) in [6.07, 6.45) is 6.03. The Morgan fingerprint density at radius 3 is 2.40 bits per heavy atom. The van der Waals surface area contributed by atoms with Crippen molar-refractivity contribution < 1.29 is 4.79 Å². The highest BCUT2D eigenvalue weighted by molar-refractivity contribution is 5.94. The molecule has 84 valence electrons. The van der Waals surface area contributed by atoms with Gasteiger partial charge < -0.3 is 4.90 Å². The maximum Gasteiger partial charge on any atom is 0.298 e. The van der Waals surface area contributed by atoms with Crippen LogP contribution < -0.4 is 0 Å². The number of piperidine rings is 1. The highest BCUT2D eigenvalue weighted by Gasteiger charge is 2.50. The summed E-state index contributed by atoms with van der Waals surface area (Å²) in [7, 11) is 0. The fourth-order valence-electron chi connectivity index (χ4n) is 2.25. The van der Waals surface area contributed by atoms with Gasteiger partial charge in [0.1, 0.15) is 0 Å². The zero-order valence-corrected chi connectivity index (χ0v) is 10.1. The zero-order valence-electron chi connectivity index (χ0n) is 10.1. The van der Waals surface area contributed by atoms with Crippen LogP contribution in [-0.2, 0) is 4.79 Å². The van der Waals surface area contributed by atoms with E-state index >= 15 is 0 Å². The summed E-state index contributed by atoms with van der Waals surface area (Å²) < 4.78 is 0. The van der Waals surface area contributed by atoms with Gasteiger partial charge in [0.15, 0.2) is 0 Å². The first-order valence-corrected chi connectivity index (χ1v) is 6.03. The van der Waals surface area contributed by atoms with Gasteiger partial charge in [-0.2, -0.15) is 0 Å².